The number of carbonyl (C=O) groups is 1. The second kappa shape index (κ2) is 8.66. The van der Waals surface area contributed by atoms with Gasteiger partial charge < -0.3 is 10.3 Å². The molecule has 0 atom stereocenters. The third-order valence-corrected chi connectivity index (χ3v) is 6.49. The van der Waals surface area contributed by atoms with Crippen LogP contribution >= 0.6 is 11.3 Å². The van der Waals surface area contributed by atoms with Crippen LogP contribution in [0.1, 0.15) is 39.2 Å². The number of nitrogens with zero attached hydrogens (tertiary/aromatic N) is 3. The molecule has 0 spiro atoms. The maximum absolute atomic E-state index is 13.8. The average Bonchev–Trinajstić information content (AvgIpc) is 3.27. The molecule has 4 rings (SSSR count). The first-order valence-electron chi connectivity index (χ1n) is 10.3. The lowest BCUT2D eigenvalue weighted by Gasteiger charge is -2.07. The normalized spacial score (nSPS) is 11.3. The maximum Gasteiger partial charge on any atom is 0.253 e. The van der Waals surface area contributed by atoms with Gasteiger partial charge in [-0.1, -0.05) is 12.1 Å². The molecule has 32 heavy (non-hydrogen) atoms. The van der Waals surface area contributed by atoms with Gasteiger partial charge in [0.25, 0.3) is 5.56 Å². The number of aryl methyl sites for hydroxylation is 4. The zero-order valence-electron chi connectivity index (χ0n) is 18.4. The summed E-state index contributed by atoms with van der Waals surface area (Å²) in [6.45, 7) is 5.51. The second-order valence-electron chi connectivity index (χ2n) is 7.93. The van der Waals surface area contributed by atoms with Gasteiger partial charge in [-0.15, -0.1) is 11.3 Å². The van der Waals surface area contributed by atoms with Crippen molar-refractivity contribution >= 4 is 33.4 Å². The fourth-order valence-corrected chi connectivity index (χ4v) is 4.73. The third-order valence-electron chi connectivity index (χ3n) is 5.57. The van der Waals surface area contributed by atoms with E-state index in [0.717, 1.165) is 27.1 Å². The Bertz CT molecular complexity index is 1390. The first kappa shape index (κ1) is 21.9. The summed E-state index contributed by atoms with van der Waals surface area (Å²) in [5.41, 5.74) is 4.22. The number of carbonyl (C=O) groups excluding carboxylic acids is 1. The number of rotatable bonds is 6. The van der Waals surface area contributed by atoms with E-state index in [0.29, 0.717) is 34.7 Å². The number of pyridine rings is 1. The Morgan fingerprint density at radius 1 is 1.28 bits per heavy atom. The van der Waals surface area contributed by atoms with Crippen molar-refractivity contribution in [3.63, 3.8) is 0 Å². The van der Waals surface area contributed by atoms with Crippen LogP contribution in [-0.4, -0.2) is 25.7 Å². The number of hydrogen-bond donors (Lipinski definition) is 2. The van der Waals surface area contributed by atoms with Gasteiger partial charge in [-0.2, -0.15) is 5.10 Å². The Balaban J connectivity index is 1.41. The van der Waals surface area contributed by atoms with Gasteiger partial charge in [0.1, 0.15) is 11.5 Å². The standard InChI is InChI=1S/C23H24FN5O2S/c1-12-5-6-15(10-18(12)24)9-16-11-25-23(32-16)26-19(30)8-7-17-13(2)20-14(3)28-29(4)21(20)27-22(17)31/h5-6,10-11H,7-9H2,1-4H3,(H,27,31)(H,25,26,30). The summed E-state index contributed by atoms with van der Waals surface area (Å²) in [6, 6.07) is 5.16. The molecule has 0 aliphatic heterocycles. The van der Waals surface area contributed by atoms with Crippen LogP contribution in [-0.2, 0) is 24.7 Å². The van der Waals surface area contributed by atoms with E-state index < -0.39 is 0 Å². The lowest BCUT2D eigenvalue weighted by atomic mass is 10.0. The molecule has 0 fully saturated rings. The van der Waals surface area contributed by atoms with Gasteiger partial charge in [0.15, 0.2) is 5.13 Å². The molecule has 0 bridgehead atoms. The van der Waals surface area contributed by atoms with Crippen LogP contribution in [0.2, 0.25) is 0 Å². The molecule has 4 aromatic rings. The largest absolute Gasteiger partial charge is 0.307 e. The van der Waals surface area contributed by atoms with Crippen molar-refractivity contribution in [1.29, 1.82) is 0 Å². The van der Waals surface area contributed by atoms with Crippen molar-refractivity contribution in [1.82, 2.24) is 19.7 Å². The molecule has 166 valence electrons. The van der Waals surface area contributed by atoms with Crippen LogP contribution in [0.15, 0.2) is 29.2 Å². The quantitative estimate of drug-likeness (QED) is 0.462. The van der Waals surface area contributed by atoms with E-state index >= 15 is 0 Å². The molecule has 0 unspecified atom stereocenters. The number of hydrogen-bond acceptors (Lipinski definition) is 5. The predicted octanol–water partition coefficient (Wildman–Crippen LogP) is 3.94. The van der Waals surface area contributed by atoms with Crippen LogP contribution in [0.5, 0.6) is 0 Å². The Morgan fingerprint density at radius 2 is 2.06 bits per heavy atom. The summed E-state index contributed by atoms with van der Waals surface area (Å²) in [7, 11) is 1.79. The molecule has 1 aromatic carbocycles. The van der Waals surface area contributed by atoms with E-state index in [2.05, 4.69) is 20.4 Å². The van der Waals surface area contributed by atoms with Crippen molar-refractivity contribution in [3.05, 3.63) is 73.4 Å². The Hall–Kier alpha value is -3.33. The summed E-state index contributed by atoms with van der Waals surface area (Å²) in [6.07, 6.45) is 2.71. The van der Waals surface area contributed by atoms with Crippen LogP contribution in [0.4, 0.5) is 9.52 Å². The predicted molar refractivity (Wildman–Crippen MR) is 124 cm³/mol. The molecule has 0 aliphatic rings. The highest BCUT2D eigenvalue weighted by Gasteiger charge is 2.16. The number of fused-ring (bicyclic) bond motifs is 1. The molecular weight excluding hydrogens is 429 g/mol. The van der Waals surface area contributed by atoms with Gasteiger partial charge in [-0.05, 0) is 49.9 Å². The Morgan fingerprint density at radius 3 is 2.81 bits per heavy atom. The minimum atomic E-state index is -0.231. The van der Waals surface area contributed by atoms with E-state index in [4.69, 9.17) is 0 Å². The fraction of sp³-hybridized carbons (Fsp3) is 0.304. The van der Waals surface area contributed by atoms with Gasteiger partial charge in [-0.3, -0.25) is 14.3 Å². The molecular formula is C23H24FN5O2S. The highest BCUT2D eigenvalue weighted by Crippen LogP contribution is 2.23. The van der Waals surface area contributed by atoms with Crippen LogP contribution < -0.4 is 10.9 Å². The highest BCUT2D eigenvalue weighted by atomic mass is 32.1. The van der Waals surface area contributed by atoms with Gasteiger partial charge in [0.2, 0.25) is 5.91 Å². The minimum absolute atomic E-state index is 0.160. The molecule has 7 nitrogen and oxygen atoms in total. The maximum atomic E-state index is 13.8. The van der Waals surface area contributed by atoms with Gasteiger partial charge in [0.05, 0.1) is 5.69 Å². The number of amides is 1. The van der Waals surface area contributed by atoms with Crippen molar-refractivity contribution in [3.8, 4) is 0 Å². The van der Waals surface area contributed by atoms with Gasteiger partial charge >= 0.3 is 0 Å². The van der Waals surface area contributed by atoms with Crippen molar-refractivity contribution in [2.75, 3.05) is 5.32 Å². The summed E-state index contributed by atoms with van der Waals surface area (Å²) in [5.74, 6) is -0.445. The number of halogens is 1. The monoisotopic (exact) mass is 453 g/mol. The number of anilines is 1. The first-order chi connectivity index (χ1) is 15.2. The molecule has 3 heterocycles. The van der Waals surface area contributed by atoms with E-state index in [1.807, 2.05) is 19.9 Å². The highest BCUT2D eigenvalue weighted by molar-refractivity contribution is 7.15. The Labute approximate surface area is 188 Å². The number of aromatic nitrogens is 4. The average molecular weight is 454 g/mol. The zero-order chi connectivity index (χ0) is 23.0. The lowest BCUT2D eigenvalue weighted by Crippen LogP contribution is -2.19. The van der Waals surface area contributed by atoms with Crippen molar-refractivity contribution in [2.45, 2.75) is 40.0 Å². The Kier molecular flexibility index (Phi) is 5.92. The first-order valence-corrected chi connectivity index (χ1v) is 11.1. The molecule has 0 saturated heterocycles. The zero-order valence-corrected chi connectivity index (χ0v) is 19.2. The second-order valence-corrected chi connectivity index (χ2v) is 9.05. The molecule has 9 heteroatoms. The summed E-state index contributed by atoms with van der Waals surface area (Å²) in [4.78, 5) is 33.1. The van der Waals surface area contributed by atoms with Crippen molar-refractivity contribution < 1.29 is 9.18 Å². The number of benzene rings is 1. The van der Waals surface area contributed by atoms with E-state index in [1.165, 1.54) is 17.4 Å². The van der Waals surface area contributed by atoms with Crippen LogP contribution in [0.3, 0.4) is 0 Å². The number of H-pyrrole nitrogens is 1. The molecule has 0 aliphatic carbocycles. The fourth-order valence-electron chi connectivity index (χ4n) is 3.87. The van der Waals surface area contributed by atoms with Gasteiger partial charge in [0, 0.05) is 41.9 Å². The molecule has 0 radical (unpaired) electrons. The summed E-state index contributed by atoms with van der Waals surface area (Å²) >= 11 is 1.36. The molecule has 0 saturated carbocycles. The summed E-state index contributed by atoms with van der Waals surface area (Å²) < 4.78 is 15.4. The van der Waals surface area contributed by atoms with E-state index in [9.17, 15) is 14.0 Å². The topological polar surface area (TPSA) is 92.7 Å². The van der Waals surface area contributed by atoms with E-state index in [-0.39, 0.29) is 23.7 Å². The van der Waals surface area contributed by atoms with Crippen LogP contribution in [0.25, 0.3) is 11.0 Å². The molecule has 3 aromatic heterocycles. The molecule has 1 amide bonds. The smallest absolute Gasteiger partial charge is 0.253 e. The molecule has 2 N–H and O–H groups in total. The minimum Gasteiger partial charge on any atom is -0.307 e. The lowest BCUT2D eigenvalue weighted by molar-refractivity contribution is -0.116. The number of aromatic amines is 1. The SMILES string of the molecule is Cc1ccc(Cc2cnc(NC(=O)CCc3c(C)c4c(C)nn(C)c4[nH]c3=O)s2)cc1F. The van der Waals surface area contributed by atoms with Crippen molar-refractivity contribution in [2.24, 2.45) is 7.05 Å². The van der Waals surface area contributed by atoms with Gasteiger partial charge in [-0.25, -0.2) is 9.37 Å². The summed E-state index contributed by atoms with van der Waals surface area (Å²) in [5, 5.41) is 8.57. The number of nitrogens with one attached hydrogen (secondary N) is 2. The number of thiazole rings is 1. The third kappa shape index (κ3) is 4.34. The van der Waals surface area contributed by atoms with Crippen LogP contribution in [0, 0.1) is 26.6 Å². The van der Waals surface area contributed by atoms with E-state index in [1.54, 1.807) is 30.9 Å².